The molecular formula is C48H87NO13. The molecule has 0 aromatic heterocycles. The summed E-state index contributed by atoms with van der Waals surface area (Å²) in [7, 11) is 0. The summed E-state index contributed by atoms with van der Waals surface area (Å²) in [6.45, 7) is 2.72. The second kappa shape index (κ2) is 35.5. The van der Waals surface area contributed by atoms with Gasteiger partial charge in [0, 0.05) is 6.42 Å². The quantitative estimate of drug-likeness (QED) is 0.0279. The van der Waals surface area contributed by atoms with E-state index in [1.807, 2.05) is 6.08 Å². The molecule has 0 aromatic rings. The lowest BCUT2D eigenvalue weighted by atomic mass is 9.97. The summed E-state index contributed by atoms with van der Waals surface area (Å²) in [6, 6.07) is -0.932. The molecule has 2 fully saturated rings. The summed E-state index contributed by atoms with van der Waals surface area (Å²) in [4.78, 5) is 13.1. The number of amides is 1. The van der Waals surface area contributed by atoms with Crippen LogP contribution in [0.25, 0.3) is 0 Å². The standard InChI is InChI=1S/C48H87NO13/c1-3-5-7-9-11-13-15-16-17-18-19-20-22-23-25-27-29-31-37(52)36(49-40(53)32-30-28-26-24-21-14-12-10-8-6-4-2)35-59-47-45(58)43(56)46(39(34-51)61-47)62-48-44(57)42(55)41(54)38(33-50)60-48/h17-18,22-23,29,31,36-39,41-48,50-52,54-58H,3-16,19-21,24-28,30,32-35H2,1-2H3,(H,49,53)/b18-17+,23-22+,31-29+. The third-order valence-corrected chi connectivity index (χ3v) is 11.8. The van der Waals surface area contributed by atoms with Crippen molar-refractivity contribution in [3.05, 3.63) is 36.5 Å². The summed E-state index contributed by atoms with van der Waals surface area (Å²) in [5.74, 6) is -0.257. The predicted octanol–water partition coefficient (Wildman–Crippen LogP) is 5.54. The van der Waals surface area contributed by atoms with Gasteiger partial charge in [0.2, 0.25) is 5.91 Å². The smallest absolute Gasteiger partial charge is 0.220 e. The van der Waals surface area contributed by atoms with Crippen LogP contribution in [0, 0.1) is 0 Å². The maximum absolute atomic E-state index is 13.1. The van der Waals surface area contributed by atoms with Crippen molar-refractivity contribution in [2.75, 3.05) is 19.8 Å². The summed E-state index contributed by atoms with van der Waals surface area (Å²) >= 11 is 0. The van der Waals surface area contributed by atoms with Crippen LogP contribution in [0.2, 0.25) is 0 Å². The molecule has 12 atom stereocenters. The van der Waals surface area contributed by atoms with Crippen LogP contribution in [0.5, 0.6) is 0 Å². The van der Waals surface area contributed by atoms with Crippen LogP contribution in [0.3, 0.4) is 0 Å². The normalized spacial score (nSPS) is 28.0. The van der Waals surface area contributed by atoms with Gasteiger partial charge in [-0.1, -0.05) is 153 Å². The molecule has 362 valence electrons. The van der Waals surface area contributed by atoms with Crippen LogP contribution in [-0.4, -0.2) is 140 Å². The Morgan fingerprint density at radius 3 is 1.58 bits per heavy atom. The number of aliphatic hydroxyl groups excluding tert-OH is 8. The Balaban J connectivity index is 1.90. The van der Waals surface area contributed by atoms with Gasteiger partial charge in [-0.15, -0.1) is 0 Å². The molecule has 0 bridgehead atoms. The van der Waals surface area contributed by atoms with Crippen LogP contribution >= 0.6 is 0 Å². The highest BCUT2D eigenvalue weighted by Crippen LogP contribution is 2.30. The number of hydrogen-bond donors (Lipinski definition) is 9. The Hall–Kier alpha value is -1.79. The van der Waals surface area contributed by atoms with E-state index in [0.717, 1.165) is 44.9 Å². The molecule has 62 heavy (non-hydrogen) atoms. The van der Waals surface area contributed by atoms with E-state index < -0.39 is 86.8 Å². The molecule has 0 radical (unpaired) electrons. The summed E-state index contributed by atoms with van der Waals surface area (Å²) in [5.41, 5.74) is 0. The highest BCUT2D eigenvalue weighted by atomic mass is 16.7. The average Bonchev–Trinajstić information content (AvgIpc) is 3.27. The molecule has 2 heterocycles. The predicted molar refractivity (Wildman–Crippen MR) is 240 cm³/mol. The van der Waals surface area contributed by atoms with Crippen molar-refractivity contribution in [3.63, 3.8) is 0 Å². The van der Waals surface area contributed by atoms with Gasteiger partial charge in [-0.3, -0.25) is 4.79 Å². The van der Waals surface area contributed by atoms with E-state index in [1.165, 1.54) is 89.9 Å². The number of carbonyl (C=O) groups excluding carboxylic acids is 1. The fourth-order valence-corrected chi connectivity index (χ4v) is 7.79. The van der Waals surface area contributed by atoms with E-state index in [1.54, 1.807) is 6.08 Å². The van der Waals surface area contributed by atoms with Crippen molar-refractivity contribution in [3.8, 4) is 0 Å². The third kappa shape index (κ3) is 22.9. The zero-order valence-corrected chi connectivity index (χ0v) is 38.1. The summed E-state index contributed by atoms with van der Waals surface area (Å²) in [6.07, 6.45) is 21.9. The van der Waals surface area contributed by atoms with Gasteiger partial charge in [-0.25, -0.2) is 0 Å². The molecule has 2 aliphatic heterocycles. The van der Waals surface area contributed by atoms with Gasteiger partial charge >= 0.3 is 0 Å². The molecule has 2 saturated heterocycles. The molecule has 1 amide bonds. The molecular weight excluding hydrogens is 799 g/mol. The van der Waals surface area contributed by atoms with Crippen LogP contribution < -0.4 is 5.32 Å². The minimum absolute atomic E-state index is 0.257. The van der Waals surface area contributed by atoms with E-state index in [0.29, 0.717) is 12.8 Å². The van der Waals surface area contributed by atoms with Gasteiger partial charge in [0.15, 0.2) is 12.6 Å². The van der Waals surface area contributed by atoms with Crippen LogP contribution in [-0.2, 0) is 23.7 Å². The van der Waals surface area contributed by atoms with Gasteiger partial charge in [0.1, 0.15) is 48.8 Å². The minimum atomic E-state index is -1.79. The number of aliphatic hydroxyl groups is 8. The first kappa shape index (κ1) is 56.3. The van der Waals surface area contributed by atoms with Crippen molar-refractivity contribution in [1.82, 2.24) is 5.32 Å². The van der Waals surface area contributed by atoms with Crippen molar-refractivity contribution in [2.45, 2.75) is 242 Å². The summed E-state index contributed by atoms with van der Waals surface area (Å²) in [5, 5.41) is 86.5. The third-order valence-electron chi connectivity index (χ3n) is 11.8. The first-order valence-electron chi connectivity index (χ1n) is 24.2. The molecule has 14 heteroatoms. The molecule has 12 unspecified atom stereocenters. The fourth-order valence-electron chi connectivity index (χ4n) is 7.79. The number of rotatable bonds is 36. The van der Waals surface area contributed by atoms with Crippen LogP contribution in [0.4, 0.5) is 0 Å². The number of nitrogens with one attached hydrogen (secondary N) is 1. The second-order valence-corrected chi connectivity index (χ2v) is 17.2. The van der Waals surface area contributed by atoms with Crippen molar-refractivity contribution < 1.29 is 64.6 Å². The molecule has 0 saturated carbocycles. The van der Waals surface area contributed by atoms with Gasteiger partial charge in [-0.2, -0.15) is 0 Å². The zero-order valence-electron chi connectivity index (χ0n) is 38.1. The lowest BCUT2D eigenvalue weighted by molar-refractivity contribution is -0.359. The van der Waals surface area contributed by atoms with Crippen molar-refractivity contribution in [1.29, 1.82) is 0 Å². The highest BCUT2D eigenvalue weighted by Gasteiger charge is 2.51. The highest BCUT2D eigenvalue weighted by molar-refractivity contribution is 5.76. The number of unbranched alkanes of at least 4 members (excludes halogenated alkanes) is 19. The Morgan fingerprint density at radius 2 is 1.03 bits per heavy atom. The van der Waals surface area contributed by atoms with Crippen molar-refractivity contribution in [2.24, 2.45) is 0 Å². The lowest BCUT2D eigenvalue weighted by Crippen LogP contribution is -2.65. The monoisotopic (exact) mass is 886 g/mol. The maximum atomic E-state index is 13.1. The van der Waals surface area contributed by atoms with E-state index in [-0.39, 0.29) is 18.9 Å². The Labute approximate surface area is 372 Å². The zero-order chi connectivity index (χ0) is 45.4. The SMILES string of the molecule is CCCCCCCCC/C=C/CC/C=C/CC/C=C/C(O)C(COC1OC(CO)C(OC2OC(CO)C(O)C(O)C2O)C(O)C1O)NC(=O)CCCCCCCCCCCCC. The molecule has 14 nitrogen and oxygen atoms in total. The first-order valence-corrected chi connectivity index (χ1v) is 24.2. The lowest BCUT2D eigenvalue weighted by Gasteiger charge is -2.46. The molecule has 0 aromatic carbocycles. The van der Waals surface area contributed by atoms with Crippen LogP contribution in [0.1, 0.15) is 168 Å². The van der Waals surface area contributed by atoms with Crippen molar-refractivity contribution >= 4 is 5.91 Å². The largest absolute Gasteiger partial charge is 0.394 e. The van der Waals surface area contributed by atoms with Gasteiger partial charge in [0.25, 0.3) is 0 Å². The number of ether oxygens (including phenoxy) is 4. The van der Waals surface area contributed by atoms with Gasteiger partial charge in [-0.05, 0) is 44.9 Å². The Morgan fingerprint density at radius 1 is 0.565 bits per heavy atom. The number of carbonyl (C=O) groups is 1. The van der Waals surface area contributed by atoms with Crippen LogP contribution in [0.15, 0.2) is 36.5 Å². The van der Waals surface area contributed by atoms with E-state index in [4.69, 9.17) is 18.9 Å². The average molecular weight is 886 g/mol. The summed E-state index contributed by atoms with van der Waals surface area (Å²) < 4.78 is 22.6. The maximum Gasteiger partial charge on any atom is 0.220 e. The van der Waals surface area contributed by atoms with E-state index in [9.17, 15) is 45.6 Å². The van der Waals surface area contributed by atoms with Gasteiger partial charge < -0.3 is 65.1 Å². The molecule has 0 spiro atoms. The molecule has 2 rings (SSSR count). The molecule has 9 N–H and O–H groups in total. The minimum Gasteiger partial charge on any atom is -0.394 e. The molecule has 0 aliphatic carbocycles. The fraction of sp³-hybridized carbons (Fsp3) is 0.854. The van der Waals surface area contributed by atoms with E-state index >= 15 is 0 Å². The second-order valence-electron chi connectivity index (χ2n) is 17.2. The number of hydrogen-bond acceptors (Lipinski definition) is 13. The van der Waals surface area contributed by atoms with E-state index in [2.05, 4.69) is 43.5 Å². The molecule has 2 aliphatic rings. The Bertz CT molecular complexity index is 1190. The first-order chi connectivity index (χ1) is 30.1. The van der Waals surface area contributed by atoms with Gasteiger partial charge in [0.05, 0.1) is 32.0 Å². The topological polar surface area (TPSA) is 228 Å². The number of allylic oxidation sites excluding steroid dienone is 5. The Kier molecular flexibility index (Phi) is 32.2.